The van der Waals surface area contributed by atoms with E-state index in [-0.39, 0.29) is 10.8 Å². The lowest BCUT2D eigenvalue weighted by Gasteiger charge is -2.33. The van der Waals surface area contributed by atoms with Gasteiger partial charge in [0.15, 0.2) is 0 Å². The number of thiophene rings is 1. The fourth-order valence-electron chi connectivity index (χ4n) is 3.50. The third kappa shape index (κ3) is 3.29. The molecule has 0 atom stereocenters. The lowest BCUT2D eigenvalue weighted by atomic mass is 10.2. The van der Waals surface area contributed by atoms with Crippen molar-refractivity contribution in [1.82, 2.24) is 9.21 Å². The van der Waals surface area contributed by atoms with E-state index in [0.717, 1.165) is 17.7 Å². The Morgan fingerprint density at radius 2 is 1.85 bits per heavy atom. The molecule has 0 saturated carbocycles. The van der Waals surface area contributed by atoms with Gasteiger partial charge in [-0.2, -0.15) is 4.31 Å². The van der Waals surface area contributed by atoms with Gasteiger partial charge in [-0.3, -0.25) is 4.79 Å². The van der Waals surface area contributed by atoms with E-state index in [1.165, 1.54) is 27.2 Å². The van der Waals surface area contributed by atoms with E-state index in [0.29, 0.717) is 31.2 Å². The zero-order chi connectivity index (χ0) is 18.3. The Morgan fingerprint density at radius 3 is 2.54 bits per heavy atom. The molecule has 1 aromatic heterocycles. The van der Waals surface area contributed by atoms with Gasteiger partial charge in [-0.15, -0.1) is 11.3 Å². The average molecular weight is 411 g/mol. The SMILES string of the molecule is O=C(c1cc2c(s1)CCC2)N1CCN(S(=O)(=O)c2cccc(Cl)c2)CC1. The second-order valence-corrected chi connectivity index (χ2v) is 10.1. The van der Waals surface area contributed by atoms with E-state index in [1.54, 1.807) is 34.4 Å². The van der Waals surface area contributed by atoms with Crippen LogP contribution in [0.2, 0.25) is 5.02 Å². The fraction of sp³-hybridized carbons (Fsp3) is 0.389. The van der Waals surface area contributed by atoms with Gasteiger partial charge >= 0.3 is 0 Å². The van der Waals surface area contributed by atoms with Crippen LogP contribution < -0.4 is 0 Å². The number of carbonyl (C=O) groups excluding carboxylic acids is 1. The molecule has 26 heavy (non-hydrogen) atoms. The molecule has 1 saturated heterocycles. The molecule has 8 heteroatoms. The maximum absolute atomic E-state index is 12.7. The summed E-state index contributed by atoms with van der Waals surface area (Å²) >= 11 is 7.51. The Kier molecular flexibility index (Phi) is 4.81. The smallest absolute Gasteiger partial charge is 0.264 e. The molecule has 1 amide bonds. The molecular weight excluding hydrogens is 392 g/mol. The van der Waals surface area contributed by atoms with Crippen molar-refractivity contribution in [2.45, 2.75) is 24.2 Å². The third-order valence-corrected chi connectivity index (χ3v) is 8.27. The van der Waals surface area contributed by atoms with Crippen LogP contribution in [0.25, 0.3) is 0 Å². The van der Waals surface area contributed by atoms with Crippen molar-refractivity contribution in [3.8, 4) is 0 Å². The minimum Gasteiger partial charge on any atom is -0.335 e. The maximum atomic E-state index is 12.7. The van der Waals surface area contributed by atoms with Crippen LogP contribution in [0, 0.1) is 0 Å². The summed E-state index contributed by atoms with van der Waals surface area (Å²) in [5, 5.41) is 0.394. The van der Waals surface area contributed by atoms with Crippen molar-refractivity contribution in [1.29, 1.82) is 0 Å². The summed E-state index contributed by atoms with van der Waals surface area (Å²) in [5.41, 5.74) is 1.31. The first-order valence-corrected chi connectivity index (χ1v) is 11.3. The summed E-state index contributed by atoms with van der Waals surface area (Å²) in [5.74, 6) is 0.0178. The molecule has 0 N–H and O–H groups in total. The molecule has 1 aromatic carbocycles. The number of piperazine rings is 1. The molecule has 5 nitrogen and oxygen atoms in total. The number of hydrogen-bond donors (Lipinski definition) is 0. The molecule has 0 bridgehead atoms. The Morgan fingerprint density at radius 1 is 1.08 bits per heavy atom. The fourth-order valence-corrected chi connectivity index (χ4v) is 6.44. The summed E-state index contributed by atoms with van der Waals surface area (Å²) in [6, 6.07) is 8.30. The van der Waals surface area contributed by atoms with Crippen molar-refractivity contribution in [3.05, 3.63) is 50.7 Å². The normalized spacial score (nSPS) is 18.1. The van der Waals surface area contributed by atoms with E-state index in [1.807, 2.05) is 6.07 Å². The first-order valence-electron chi connectivity index (χ1n) is 8.62. The van der Waals surface area contributed by atoms with Gasteiger partial charge in [0, 0.05) is 36.1 Å². The predicted octanol–water partition coefficient (Wildman–Crippen LogP) is 3.04. The maximum Gasteiger partial charge on any atom is 0.264 e. The first-order chi connectivity index (χ1) is 12.4. The van der Waals surface area contributed by atoms with Crippen molar-refractivity contribution >= 4 is 38.9 Å². The van der Waals surface area contributed by atoms with E-state index >= 15 is 0 Å². The first kappa shape index (κ1) is 18.0. The van der Waals surface area contributed by atoms with E-state index < -0.39 is 10.0 Å². The predicted molar refractivity (Wildman–Crippen MR) is 102 cm³/mol. The number of aryl methyl sites for hydroxylation is 2. The van der Waals surface area contributed by atoms with Gasteiger partial charge in [0.1, 0.15) is 0 Å². The number of halogens is 1. The number of benzene rings is 1. The molecule has 0 spiro atoms. The summed E-state index contributed by atoms with van der Waals surface area (Å²) in [7, 11) is -3.58. The number of nitrogens with zero attached hydrogens (tertiary/aromatic N) is 2. The van der Waals surface area contributed by atoms with Crippen molar-refractivity contribution in [2.24, 2.45) is 0 Å². The van der Waals surface area contributed by atoms with Crippen LogP contribution in [0.4, 0.5) is 0 Å². The Hall–Kier alpha value is -1.41. The van der Waals surface area contributed by atoms with Gasteiger partial charge in [0.2, 0.25) is 10.0 Å². The lowest BCUT2D eigenvalue weighted by Crippen LogP contribution is -2.50. The van der Waals surface area contributed by atoms with Gasteiger partial charge in [-0.1, -0.05) is 17.7 Å². The second-order valence-electron chi connectivity index (χ2n) is 6.57. The Bertz CT molecular complexity index is 926. The van der Waals surface area contributed by atoms with Gasteiger partial charge in [0.05, 0.1) is 9.77 Å². The van der Waals surface area contributed by atoms with Crippen molar-refractivity contribution < 1.29 is 13.2 Å². The van der Waals surface area contributed by atoms with Gasteiger partial charge in [0.25, 0.3) is 5.91 Å². The molecule has 1 fully saturated rings. The third-order valence-electron chi connectivity index (χ3n) is 4.92. The van der Waals surface area contributed by atoms with Crippen LogP contribution in [-0.2, 0) is 22.9 Å². The zero-order valence-corrected chi connectivity index (χ0v) is 16.5. The van der Waals surface area contributed by atoms with Crippen LogP contribution in [0.1, 0.15) is 26.5 Å². The summed E-state index contributed by atoms with van der Waals surface area (Å²) < 4.78 is 26.9. The number of fused-ring (bicyclic) bond motifs is 1. The van der Waals surface area contributed by atoms with Crippen LogP contribution in [0.15, 0.2) is 35.2 Å². The van der Waals surface area contributed by atoms with Gasteiger partial charge in [-0.25, -0.2) is 8.42 Å². The molecule has 1 aliphatic heterocycles. The van der Waals surface area contributed by atoms with Crippen LogP contribution in [0.5, 0.6) is 0 Å². The quantitative estimate of drug-likeness (QED) is 0.781. The average Bonchev–Trinajstić information content (AvgIpc) is 3.23. The second kappa shape index (κ2) is 6.96. The molecule has 4 rings (SSSR count). The highest BCUT2D eigenvalue weighted by molar-refractivity contribution is 7.89. The van der Waals surface area contributed by atoms with Gasteiger partial charge < -0.3 is 4.90 Å². The molecule has 1 aliphatic carbocycles. The largest absolute Gasteiger partial charge is 0.335 e. The molecule has 2 aliphatic rings. The highest BCUT2D eigenvalue weighted by Crippen LogP contribution is 2.31. The number of carbonyl (C=O) groups is 1. The number of hydrogen-bond acceptors (Lipinski definition) is 4. The van der Waals surface area contributed by atoms with Gasteiger partial charge in [-0.05, 0) is 49.1 Å². The van der Waals surface area contributed by atoms with Crippen LogP contribution >= 0.6 is 22.9 Å². The molecule has 2 heterocycles. The topological polar surface area (TPSA) is 57.7 Å². The highest BCUT2D eigenvalue weighted by atomic mass is 35.5. The Balaban J connectivity index is 1.44. The molecule has 2 aromatic rings. The molecular formula is C18H19ClN2O3S2. The highest BCUT2D eigenvalue weighted by Gasteiger charge is 2.31. The summed E-state index contributed by atoms with van der Waals surface area (Å²) in [6.45, 7) is 1.40. The number of amides is 1. The monoisotopic (exact) mass is 410 g/mol. The van der Waals surface area contributed by atoms with Crippen molar-refractivity contribution in [3.63, 3.8) is 0 Å². The molecule has 0 radical (unpaired) electrons. The Labute approximate surface area is 162 Å². The lowest BCUT2D eigenvalue weighted by molar-refractivity contribution is 0.0702. The van der Waals surface area contributed by atoms with Crippen molar-refractivity contribution in [2.75, 3.05) is 26.2 Å². The number of sulfonamides is 1. The zero-order valence-electron chi connectivity index (χ0n) is 14.2. The van der Waals surface area contributed by atoms with E-state index in [4.69, 9.17) is 11.6 Å². The number of rotatable bonds is 3. The van der Waals surface area contributed by atoms with Crippen LogP contribution in [-0.4, -0.2) is 49.7 Å². The standard InChI is InChI=1S/C18H19ClN2O3S2/c19-14-4-2-5-15(12-14)26(23,24)21-9-7-20(8-10-21)18(22)17-11-13-3-1-6-16(13)25-17/h2,4-5,11-12H,1,3,6-10H2. The van der Waals surface area contributed by atoms with Crippen LogP contribution in [0.3, 0.4) is 0 Å². The van der Waals surface area contributed by atoms with E-state index in [2.05, 4.69) is 0 Å². The summed E-state index contributed by atoms with van der Waals surface area (Å²) in [6.07, 6.45) is 3.30. The van der Waals surface area contributed by atoms with E-state index in [9.17, 15) is 13.2 Å². The minimum atomic E-state index is -3.58. The minimum absolute atomic E-state index is 0.0178. The molecule has 138 valence electrons. The summed E-state index contributed by atoms with van der Waals surface area (Å²) in [4.78, 5) is 16.8. The molecule has 0 unspecified atom stereocenters.